The Morgan fingerprint density at radius 3 is 2.63 bits per heavy atom. The van der Waals surface area contributed by atoms with Crippen LogP contribution in [0.1, 0.15) is 29.7 Å². The van der Waals surface area contributed by atoms with Gasteiger partial charge in [0.05, 0.1) is 24.0 Å². The molecule has 3 heterocycles. The Bertz CT molecular complexity index is 1480. The van der Waals surface area contributed by atoms with Crippen molar-refractivity contribution in [2.45, 2.75) is 44.5 Å². The van der Waals surface area contributed by atoms with Crippen molar-refractivity contribution in [2.24, 2.45) is 0 Å². The van der Waals surface area contributed by atoms with Crippen LogP contribution in [0.3, 0.4) is 0 Å². The van der Waals surface area contributed by atoms with Crippen LogP contribution in [-0.4, -0.2) is 43.7 Å². The van der Waals surface area contributed by atoms with Crippen LogP contribution in [0, 0.1) is 25.2 Å². The molecule has 0 saturated carbocycles. The third kappa shape index (κ3) is 5.34. The topological polar surface area (TPSA) is 97.8 Å². The molecular formula is C28H27ClN6O2S. The summed E-state index contributed by atoms with van der Waals surface area (Å²) in [5.41, 5.74) is 4.04. The summed E-state index contributed by atoms with van der Waals surface area (Å²) >= 11 is 7.40. The minimum atomic E-state index is -0.232. The molecule has 1 fully saturated rings. The molecule has 2 aromatic carbocycles. The van der Waals surface area contributed by atoms with E-state index in [1.54, 1.807) is 0 Å². The molecule has 38 heavy (non-hydrogen) atoms. The number of halogens is 1. The van der Waals surface area contributed by atoms with Crippen LogP contribution in [0.25, 0.3) is 17.1 Å². The Kier molecular flexibility index (Phi) is 7.84. The molecular weight excluding hydrogens is 520 g/mol. The standard InChI is InChI=1S/C28H27ClN6O2S/c1-18-19(2)34(16-23-9-6-14-37-23)27(24(18)15-30)31-25(36)17-38-28-33-32-26(20-7-4-3-5-8-20)35(28)22-12-10-21(29)11-13-22/h3-5,7-8,10-13,23H,6,9,14,16-17H2,1-2H3,(H,31,36). The molecule has 1 atom stereocenters. The van der Waals surface area contributed by atoms with Gasteiger partial charge in [0.15, 0.2) is 11.0 Å². The van der Waals surface area contributed by atoms with E-state index in [1.165, 1.54) is 11.8 Å². The van der Waals surface area contributed by atoms with Gasteiger partial charge in [0.1, 0.15) is 11.9 Å². The summed E-state index contributed by atoms with van der Waals surface area (Å²) in [6.45, 7) is 5.22. The van der Waals surface area contributed by atoms with Crippen molar-refractivity contribution in [3.05, 3.63) is 76.4 Å². The van der Waals surface area contributed by atoms with Crippen molar-refractivity contribution >= 4 is 35.1 Å². The van der Waals surface area contributed by atoms with Gasteiger partial charge in [0.25, 0.3) is 0 Å². The van der Waals surface area contributed by atoms with Crippen LogP contribution in [0.2, 0.25) is 5.02 Å². The van der Waals surface area contributed by atoms with Crippen molar-refractivity contribution in [1.29, 1.82) is 5.26 Å². The number of nitriles is 1. The van der Waals surface area contributed by atoms with Gasteiger partial charge in [-0.3, -0.25) is 9.36 Å². The number of amides is 1. The maximum Gasteiger partial charge on any atom is 0.235 e. The maximum atomic E-state index is 13.2. The first-order valence-electron chi connectivity index (χ1n) is 12.4. The molecule has 1 amide bonds. The number of benzene rings is 2. The van der Waals surface area contributed by atoms with E-state index in [1.807, 2.05) is 77.6 Å². The Morgan fingerprint density at radius 1 is 1.18 bits per heavy atom. The molecule has 1 aliphatic heterocycles. The minimum absolute atomic E-state index is 0.0754. The van der Waals surface area contributed by atoms with Crippen LogP contribution in [-0.2, 0) is 16.1 Å². The second-order valence-corrected chi connectivity index (χ2v) is 10.5. The summed E-state index contributed by atoms with van der Waals surface area (Å²) in [4.78, 5) is 13.2. The normalized spacial score (nSPS) is 14.9. The molecule has 1 saturated heterocycles. The Morgan fingerprint density at radius 2 is 1.95 bits per heavy atom. The van der Waals surface area contributed by atoms with E-state index in [9.17, 15) is 10.1 Å². The zero-order chi connectivity index (χ0) is 26.6. The van der Waals surface area contributed by atoms with Crippen LogP contribution in [0.4, 0.5) is 5.82 Å². The van der Waals surface area contributed by atoms with Gasteiger partial charge in [-0.1, -0.05) is 53.7 Å². The lowest BCUT2D eigenvalue weighted by Crippen LogP contribution is -2.22. The number of carbonyl (C=O) groups is 1. The lowest BCUT2D eigenvalue weighted by Gasteiger charge is -2.17. The highest BCUT2D eigenvalue weighted by molar-refractivity contribution is 7.99. The molecule has 1 aliphatic rings. The third-order valence-electron chi connectivity index (χ3n) is 6.69. The molecule has 0 aliphatic carbocycles. The van der Waals surface area contributed by atoms with Gasteiger partial charge in [-0.25, -0.2) is 0 Å². The molecule has 4 aromatic rings. The van der Waals surface area contributed by atoms with Gasteiger partial charge >= 0.3 is 0 Å². The number of rotatable bonds is 8. The fraction of sp³-hybridized carbons (Fsp3) is 0.286. The number of nitrogens with one attached hydrogen (secondary N) is 1. The number of hydrogen-bond donors (Lipinski definition) is 1. The third-order valence-corrected chi connectivity index (χ3v) is 7.87. The van der Waals surface area contributed by atoms with Crippen LogP contribution < -0.4 is 5.32 Å². The largest absolute Gasteiger partial charge is 0.376 e. The molecule has 0 bridgehead atoms. The molecule has 10 heteroatoms. The van der Waals surface area contributed by atoms with Crippen molar-refractivity contribution in [1.82, 2.24) is 19.3 Å². The molecule has 1 unspecified atom stereocenters. The zero-order valence-corrected chi connectivity index (χ0v) is 22.7. The second kappa shape index (κ2) is 11.4. The van der Waals surface area contributed by atoms with Gasteiger partial charge in [-0.05, 0) is 56.5 Å². The highest BCUT2D eigenvalue weighted by Crippen LogP contribution is 2.31. The predicted molar refractivity (Wildman–Crippen MR) is 149 cm³/mol. The number of thioether (sulfide) groups is 1. The van der Waals surface area contributed by atoms with Crippen molar-refractivity contribution in [3.8, 4) is 23.1 Å². The number of carbonyl (C=O) groups excluding carboxylic acids is 1. The lowest BCUT2D eigenvalue weighted by molar-refractivity contribution is -0.113. The quantitative estimate of drug-likeness (QED) is 0.281. The molecule has 8 nitrogen and oxygen atoms in total. The van der Waals surface area contributed by atoms with E-state index in [-0.39, 0.29) is 17.8 Å². The van der Waals surface area contributed by atoms with Crippen LogP contribution in [0.5, 0.6) is 0 Å². The highest BCUT2D eigenvalue weighted by Gasteiger charge is 2.24. The number of nitrogens with zero attached hydrogens (tertiary/aromatic N) is 5. The molecule has 0 spiro atoms. The molecule has 1 N–H and O–H groups in total. The first-order chi connectivity index (χ1) is 18.5. The highest BCUT2D eigenvalue weighted by atomic mass is 35.5. The Balaban J connectivity index is 1.39. The smallest absolute Gasteiger partial charge is 0.235 e. The summed E-state index contributed by atoms with van der Waals surface area (Å²) in [6, 6.07) is 19.4. The number of aromatic nitrogens is 4. The SMILES string of the molecule is Cc1c(C#N)c(NC(=O)CSc2nnc(-c3ccccc3)n2-c2ccc(Cl)cc2)n(CC2CCCO2)c1C. The number of ether oxygens (including phenoxy) is 1. The van der Waals surface area contributed by atoms with Crippen LogP contribution >= 0.6 is 23.4 Å². The average molecular weight is 547 g/mol. The molecule has 194 valence electrons. The fourth-order valence-corrected chi connectivity index (χ4v) is 5.49. The second-order valence-electron chi connectivity index (χ2n) is 9.11. The summed E-state index contributed by atoms with van der Waals surface area (Å²) < 4.78 is 9.73. The fourth-order valence-electron chi connectivity index (χ4n) is 4.61. The van der Waals surface area contributed by atoms with Gasteiger partial charge < -0.3 is 14.6 Å². The minimum Gasteiger partial charge on any atom is -0.376 e. The van der Waals surface area contributed by atoms with Crippen molar-refractivity contribution in [2.75, 3.05) is 17.7 Å². The Hall–Kier alpha value is -3.58. The number of hydrogen-bond acceptors (Lipinski definition) is 6. The molecule has 0 radical (unpaired) electrons. The summed E-state index contributed by atoms with van der Waals surface area (Å²) in [7, 11) is 0. The van der Waals surface area contributed by atoms with Gasteiger partial charge in [0, 0.05) is 28.6 Å². The average Bonchev–Trinajstić information content (AvgIpc) is 3.65. The first kappa shape index (κ1) is 26.0. The summed E-state index contributed by atoms with van der Waals surface area (Å²) in [5, 5.41) is 22.8. The van der Waals surface area contributed by atoms with Crippen molar-refractivity contribution in [3.63, 3.8) is 0 Å². The first-order valence-corrected chi connectivity index (χ1v) is 13.7. The monoisotopic (exact) mass is 546 g/mol. The molecule has 2 aromatic heterocycles. The van der Waals surface area contributed by atoms with E-state index in [4.69, 9.17) is 16.3 Å². The van der Waals surface area contributed by atoms with E-state index in [0.29, 0.717) is 33.9 Å². The molecule has 5 rings (SSSR count). The van der Waals surface area contributed by atoms with Gasteiger partial charge in [-0.15, -0.1) is 10.2 Å². The Labute approximate surface area is 230 Å². The van der Waals surface area contributed by atoms with E-state index >= 15 is 0 Å². The van der Waals surface area contributed by atoms with Crippen LogP contribution in [0.15, 0.2) is 59.8 Å². The zero-order valence-electron chi connectivity index (χ0n) is 21.1. The van der Waals surface area contributed by atoms with E-state index in [0.717, 1.165) is 42.0 Å². The van der Waals surface area contributed by atoms with Gasteiger partial charge in [-0.2, -0.15) is 5.26 Å². The summed E-state index contributed by atoms with van der Waals surface area (Å²) in [6.07, 6.45) is 2.06. The number of anilines is 1. The van der Waals surface area contributed by atoms with E-state index in [2.05, 4.69) is 21.6 Å². The van der Waals surface area contributed by atoms with Crippen molar-refractivity contribution < 1.29 is 9.53 Å². The predicted octanol–water partition coefficient (Wildman–Crippen LogP) is 5.79. The van der Waals surface area contributed by atoms with E-state index < -0.39 is 0 Å². The summed E-state index contributed by atoms with van der Waals surface area (Å²) in [5.74, 6) is 1.05. The van der Waals surface area contributed by atoms with Gasteiger partial charge in [0.2, 0.25) is 5.91 Å². The lowest BCUT2D eigenvalue weighted by atomic mass is 10.2. The maximum absolute atomic E-state index is 13.2.